The summed E-state index contributed by atoms with van der Waals surface area (Å²) in [5, 5.41) is 2.66. The van der Waals surface area contributed by atoms with E-state index in [9.17, 15) is 9.59 Å². The lowest BCUT2D eigenvalue weighted by Crippen LogP contribution is -2.45. The molecule has 0 unspecified atom stereocenters. The number of benzene rings is 2. The quantitative estimate of drug-likeness (QED) is 0.613. The van der Waals surface area contributed by atoms with Crippen LogP contribution in [0.2, 0.25) is 0 Å². The summed E-state index contributed by atoms with van der Waals surface area (Å²) in [6.07, 6.45) is -1.59. The fraction of sp³-hybridized carbons (Fsp3) is 0.300. The van der Waals surface area contributed by atoms with Crippen LogP contribution in [0.5, 0.6) is 23.0 Å². The van der Waals surface area contributed by atoms with Crippen molar-refractivity contribution in [3.8, 4) is 23.0 Å². The summed E-state index contributed by atoms with van der Waals surface area (Å²) < 4.78 is 27.3. The number of carbonyl (C=O) groups is 2. The smallest absolute Gasteiger partial charge is 0.351 e. The third-order valence-electron chi connectivity index (χ3n) is 4.22. The molecule has 2 aliphatic heterocycles. The van der Waals surface area contributed by atoms with Gasteiger partial charge in [-0.25, -0.2) is 4.79 Å². The number of hydrogen-bond donors (Lipinski definition) is 1. The monoisotopic (exact) mass is 385 g/mol. The van der Waals surface area contributed by atoms with Gasteiger partial charge in [0.1, 0.15) is 19.8 Å². The van der Waals surface area contributed by atoms with Crippen molar-refractivity contribution in [2.75, 3.05) is 26.4 Å². The fourth-order valence-corrected chi connectivity index (χ4v) is 2.82. The third-order valence-corrected chi connectivity index (χ3v) is 4.22. The van der Waals surface area contributed by atoms with E-state index in [0.29, 0.717) is 23.0 Å². The van der Waals surface area contributed by atoms with Gasteiger partial charge >= 0.3 is 5.97 Å². The van der Waals surface area contributed by atoms with Gasteiger partial charge in [0, 0.05) is 0 Å². The number of para-hydroxylation sites is 4. The van der Waals surface area contributed by atoms with Gasteiger partial charge in [-0.15, -0.1) is 0 Å². The van der Waals surface area contributed by atoms with Crippen molar-refractivity contribution in [3.05, 3.63) is 48.5 Å². The van der Waals surface area contributed by atoms with Gasteiger partial charge in [-0.2, -0.15) is 0 Å². The van der Waals surface area contributed by atoms with E-state index >= 15 is 0 Å². The number of ether oxygens (including phenoxy) is 5. The van der Waals surface area contributed by atoms with Gasteiger partial charge in [-0.05, 0) is 24.3 Å². The Kier molecular flexibility index (Phi) is 5.18. The predicted octanol–water partition coefficient (Wildman–Crippen LogP) is 1.33. The first kappa shape index (κ1) is 18.0. The molecule has 0 bridgehead atoms. The van der Waals surface area contributed by atoms with E-state index in [-0.39, 0.29) is 32.3 Å². The predicted molar refractivity (Wildman–Crippen MR) is 96.7 cm³/mol. The minimum atomic E-state index is -0.836. The Morgan fingerprint density at radius 2 is 1.39 bits per heavy atom. The molecular weight excluding hydrogens is 366 g/mol. The van der Waals surface area contributed by atoms with Gasteiger partial charge in [-0.1, -0.05) is 24.3 Å². The molecular formula is C20H19NO7. The van der Waals surface area contributed by atoms with Crippen molar-refractivity contribution >= 4 is 11.9 Å². The Morgan fingerprint density at radius 3 is 2.04 bits per heavy atom. The van der Waals surface area contributed by atoms with Crippen LogP contribution >= 0.6 is 0 Å². The standard InChI is InChI=1S/C20H19NO7/c22-19(17-11-25-13-5-1-3-7-15(13)27-17)21-9-10-24-20(23)18-12-26-14-6-2-4-8-16(14)28-18/h1-8,17-18H,9-12H2,(H,21,22)/t17-,18+/m0/s1. The summed E-state index contributed by atoms with van der Waals surface area (Å²) in [5.74, 6) is 1.34. The zero-order chi connectivity index (χ0) is 19.3. The Labute approximate surface area is 161 Å². The minimum absolute atomic E-state index is 0.0102. The molecule has 0 radical (unpaired) electrons. The molecule has 4 rings (SSSR count). The first-order valence-electron chi connectivity index (χ1n) is 8.92. The van der Waals surface area contributed by atoms with Crippen molar-refractivity contribution in [2.24, 2.45) is 0 Å². The zero-order valence-corrected chi connectivity index (χ0v) is 15.0. The van der Waals surface area contributed by atoms with Crippen LogP contribution in [0.4, 0.5) is 0 Å². The van der Waals surface area contributed by atoms with Crippen molar-refractivity contribution in [3.63, 3.8) is 0 Å². The molecule has 2 aromatic rings. The first-order valence-corrected chi connectivity index (χ1v) is 8.92. The van der Waals surface area contributed by atoms with Crippen LogP contribution in [0.25, 0.3) is 0 Å². The van der Waals surface area contributed by atoms with E-state index in [2.05, 4.69) is 5.32 Å². The summed E-state index contributed by atoms with van der Waals surface area (Å²) >= 11 is 0. The summed E-state index contributed by atoms with van der Waals surface area (Å²) in [6, 6.07) is 14.2. The number of carbonyl (C=O) groups excluding carboxylic acids is 2. The molecule has 0 aromatic heterocycles. The SMILES string of the molecule is O=C(NCCOC(=O)[C@H]1COc2ccccc2O1)[C@@H]1COc2ccccc2O1. The average Bonchev–Trinajstić information content (AvgIpc) is 2.75. The Morgan fingerprint density at radius 1 is 0.857 bits per heavy atom. The second-order valence-electron chi connectivity index (χ2n) is 6.19. The zero-order valence-electron chi connectivity index (χ0n) is 15.0. The van der Waals surface area contributed by atoms with Crippen LogP contribution < -0.4 is 24.3 Å². The van der Waals surface area contributed by atoms with Crippen LogP contribution in [0.1, 0.15) is 0 Å². The van der Waals surface area contributed by atoms with Gasteiger partial charge < -0.3 is 29.0 Å². The molecule has 2 aromatic carbocycles. The number of amides is 1. The molecule has 2 atom stereocenters. The Bertz CT molecular complexity index is 798. The van der Waals surface area contributed by atoms with E-state index in [1.54, 1.807) is 36.4 Å². The average molecular weight is 385 g/mol. The number of rotatable bonds is 5. The molecule has 1 amide bonds. The largest absolute Gasteiger partial charge is 0.485 e. The third kappa shape index (κ3) is 3.95. The Balaban J connectivity index is 1.19. The van der Waals surface area contributed by atoms with E-state index in [1.165, 1.54) is 0 Å². The highest BCUT2D eigenvalue weighted by atomic mass is 16.6. The first-order chi connectivity index (χ1) is 13.7. The molecule has 1 N–H and O–H groups in total. The number of hydrogen-bond acceptors (Lipinski definition) is 7. The van der Waals surface area contributed by atoms with E-state index in [4.69, 9.17) is 23.7 Å². The maximum atomic E-state index is 12.2. The molecule has 0 spiro atoms. The van der Waals surface area contributed by atoms with Gasteiger partial charge in [-0.3, -0.25) is 4.79 Å². The van der Waals surface area contributed by atoms with Gasteiger partial charge in [0.25, 0.3) is 5.91 Å². The lowest BCUT2D eigenvalue weighted by molar-refractivity contribution is -0.154. The van der Waals surface area contributed by atoms with Crippen molar-refractivity contribution in [1.82, 2.24) is 5.32 Å². The molecule has 2 aliphatic rings. The molecule has 0 saturated carbocycles. The van der Waals surface area contributed by atoms with Crippen molar-refractivity contribution in [2.45, 2.75) is 12.2 Å². The van der Waals surface area contributed by atoms with Crippen molar-refractivity contribution in [1.29, 1.82) is 0 Å². The molecule has 0 fully saturated rings. The molecule has 28 heavy (non-hydrogen) atoms. The lowest BCUT2D eigenvalue weighted by atomic mass is 10.2. The molecule has 8 nitrogen and oxygen atoms in total. The maximum absolute atomic E-state index is 12.2. The van der Waals surface area contributed by atoms with E-state index in [1.807, 2.05) is 12.1 Å². The molecule has 0 saturated heterocycles. The number of fused-ring (bicyclic) bond motifs is 2. The van der Waals surface area contributed by atoms with E-state index in [0.717, 1.165) is 0 Å². The lowest BCUT2D eigenvalue weighted by Gasteiger charge is -2.26. The van der Waals surface area contributed by atoms with Crippen LogP contribution in [-0.4, -0.2) is 50.4 Å². The van der Waals surface area contributed by atoms with Gasteiger partial charge in [0.15, 0.2) is 23.0 Å². The number of nitrogens with one attached hydrogen (secondary N) is 1. The molecule has 146 valence electrons. The van der Waals surface area contributed by atoms with Crippen LogP contribution in [-0.2, 0) is 14.3 Å². The highest BCUT2D eigenvalue weighted by Crippen LogP contribution is 2.31. The molecule has 2 heterocycles. The highest BCUT2D eigenvalue weighted by Gasteiger charge is 2.29. The maximum Gasteiger partial charge on any atom is 0.351 e. The Hall–Kier alpha value is -3.42. The van der Waals surface area contributed by atoms with Gasteiger partial charge in [0.2, 0.25) is 12.2 Å². The summed E-state index contributed by atoms with van der Waals surface area (Å²) in [5.41, 5.74) is 0. The number of esters is 1. The van der Waals surface area contributed by atoms with E-state index < -0.39 is 18.2 Å². The topological polar surface area (TPSA) is 92.3 Å². The highest BCUT2D eigenvalue weighted by molar-refractivity contribution is 5.81. The fourth-order valence-electron chi connectivity index (χ4n) is 2.82. The van der Waals surface area contributed by atoms with Crippen molar-refractivity contribution < 1.29 is 33.3 Å². The van der Waals surface area contributed by atoms with Crippen LogP contribution in [0, 0.1) is 0 Å². The second-order valence-corrected chi connectivity index (χ2v) is 6.19. The molecule has 8 heteroatoms. The normalized spacial score (nSPS) is 19.4. The van der Waals surface area contributed by atoms with Crippen LogP contribution in [0.3, 0.4) is 0 Å². The minimum Gasteiger partial charge on any atom is -0.485 e. The summed E-state index contributed by atoms with van der Waals surface area (Å²) in [6.45, 7) is 0.358. The summed E-state index contributed by atoms with van der Waals surface area (Å²) in [4.78, 5) is 24.3. The van der Waals surface area contributed by atoms with Crippen LogP contribution in [0.15, 0.2) is 48.5 Å². The molecule has 0 aliphatic carbocycles. The second kappa shape index (κ2) is 8.08. The van der Waals surface area contributed by atoms with Gasteiger partial charge in [0.05, 0.1) is 6.54 Å². The summed E-state index contributed by atoms with van der Waals surface area (Å²) in [7, 11) is 0.